The molecular weight excluding hydrogens is 383 g/mol. The summed E-state index contributed by atoms with van der Waals surface area (Å²) >= 11 is 0.863. The van der Waals surface area contributed by atoms with E-state index < -0.39 is 17.8 Å². The monoisotopic (exact) mass is 397 g/mol. The van der Waals surface area contributed by atoms with E-state index in [-0.39, 0.29) is 23.1 Å². The van der Waals surface area contributed by atoms with Crippen molar-refractivity contribution in [1.82, 2.24) is 14.8 Å². The quantitative estimate of drug-likeness (QED) is 0.604. The van der Waals surface area contributed by atoms with Gasteiger partial charge in [0.25, 0.3) is 0 Å². The molecule has 0 saturated carbocycles. The zero-order valence-electron chi connectivity index (χ0n) is 14.3. The van der Waals surface area contributed by atoms with Gasteiger partial charge in [0.1, 0.15) is 5.75 Å². The number of alkyl halides is 3. The molecule has 6 nitrogen and oxygen atoms in total. The van der Waals surface area contributed by atoms with Crippen LogP contribution in [0.5, 0.6) is 5.75 Å². The van der Waals surface area contributed by atoms with Crippen LogP contribution in [0.4, 0.5) is 13.2 Å². The van der Waals surface area contributed by atoms with Gasteiger partial charge in [-0.15, -0.1) is 11.3 Å². The molecule has 0 N–H and O–H groups in total. The third-order valence-corrected chi connectivity index (χ3v) is 4.36. The highest BCUT2D eigenvalue weighted by atomic mass is 32.1. The summed E-state index contributed by atoms with van der Waals surface area (Å²) in [5.74, 6) is -0.312. The number of hydrogen-bond acceptors (Lipinski definition) is 6. The molecule has 0 spiro atoms. The lowest BCUT2D eigenvalue weighted by atomic mass is 10.1. The van der Waals surface area contributed by atoms with Crippen LogP contribution in [0.3, 0.4) is 0 Å². The fourth-order valence-electron chi connectivity index (χ4n) is 2.38. The Labute approximate surface area is 156 Å². The van der Waals surface area contributed by atoms with Crippen LogP contribution in [0, 0.1) is 0 Å². The lowest BCUT2D eigenvalue weighted by Gasteiger charge is -2.07. The topological polar surface area (TPSA) is 66.2 Å². The third-order valence-electron chi connectivity index (χ3n) is 3.54. The summed E-state index contributed by atoms with van der Waals surface area (Å²) in [5.41, 5.74) is -0.591. The number of thiazole rings is 1. The molecule has 3 aromatic rings. The van der Waals surface area contributed by atoms with E-state index in [1.165, 1.54) is 12.5 Å². The van der Waals surface area contributed by atoms with Crippen molar-refractivity contribution in [2.24, 2.45) is 0 Å². The molecule has 142 valence electrons. The van der Waals surface area contributed by atoms with Crippen LogP contribution in [0.25, 0.3) is 16.4 Å². The summed E-state index contributed by atoms with van der Waals surface area (Å²) in [7, 11) is 1.42. The number of carbonyl (C=O) groups excluding carboxylic acids is 1. The van der Waals surface area contributed by atoms with Crippen molar-refractivity contribution < 1.29 is 27.4 Å². The average Bonchev–Trinajstić information content (AvgIpc) is 3.28. The number of methoxy groups -OCH3 is 1. The first kappa shape index (κ1) is 18.9. The molecule has 3 rings (SSSR count). The largest absolute Gasteiger partial charge is 0.496 e. The van der Waals surface area contributed by atoms with E-state index in [2.05, 4.69) is 10.1 Å². The van der Waals surface area contributed by atoms with Crippen LogP contribution >= 0.6 is 11.3 Å². The van der Waals surface area contributed by atoms with Gasteiger partial charge in [0.2, 0.25) is 5.13 Å². The minimum absolute atomic E-state index is 0.0701. The van der Waals surface area contributed by atoms with Crippen LogP contribution in [0.15, 0.2) is 35.7 Å². The maximum atomic E-state index is 13.5. The fourth-order valence-corrected chi connectivity index (χ4v) is 3.13. The number of rotatable bonds is 5. The zero-order chi connectivity index (χ0) is 19.6. The molecule has 0 saturated heterocycles. The number of esters is 1. The maximum Gasteiger partial charge on any atom is 0.433 e. The zero-order valence-corrected chi connectivity index (χ0v) is 15.1. The highest BCUT2D eigenvalue weighted by Gasteiger charge is 2.37. The molecule has 27 heavy (non-hydrogen) atoms. The summed E-state index contributed by atoms with van der Waals surface area (Å²) in [4.78, 5) is 15.7. The Morgan fingerprint density at radius 2 is 2.04 bits per heavy atom. The van der Waals surface area contributed by atoms with Gasteiger partial charge in [-0.05, 0) is 25.1 Å². The lowest BCUT2D eigenvalue weighted by molar-refractivity contribution is -0.142. The summed E-state index contributed by atoms with van der Waals surface area (Å²) in [6.45, 7) is 1.76. The average molecular weight is 397 g/mol. The molecule has 10 heteroatoms. The second-order valence-corrected chi connectivity index (χ2v) is 6.10. The molecule has 0 aliphatic carbocycles. The van der Waals surface area contributed by atoms with Crippen LogP contribution in [-0.4, -0.2) is 34.5 Å². The van der Waals surface area contributed by atoms with Gasteiger partial charge >= 0.3 is 12.1 Å². The Morgan fingerprint density at radius 3 is 2.70 bits per heavy atom. The Balaban J connectivity index is 2.10. The molecule has 0 bridgehead atoms. The van der Waals surface area contributed by atoms with E-state index in [1.807, 2.05) is 0 Å². The van der Waals surface area contributed by atoms with Crippen LogP contribution in [-0.2, 0) is 10.9 Å². The molecule has 1 aromatic carbocycles. The van der Waals surface area contributed by atoms with E-state index in [4.69, 9.17) is 9.47 Å². The summed E-state index contributed by atoms with van der Waals surface area (Å²) < 4.78 is 51.3. The van der Waals surface area contributed by atoms with Gasteiger partial charge in [0.05, 0.1) is 19.4 Å². The molecular formula is C17H14F3N3O3S. The van der Waals surface area contributed by atoms with Crippen LogP contribution in [0.2, 0.25) is 0 Å². The SMILES string of the molecule is CCOC(=O)c1csc(-n2nc(-c3ccccc3OC)cc2C(F)(F)F)n1. The van der Waals surface area contributed by atoms with Gasteiger partial charge in [0, 0.05) is 10.9 Å². The van der Waals surface area contributed by atoms with Crippen LogP contribution < -0.4 is 4.74 Å². The minimum atomic E-state index is -4.66. The van der Waals surface area contributed by atoms with Gasteiger partial charge < -0.3 is 9.47 Å². The number of benzene rings is 1. The number of nitrogens with zero attached hydrogens (tertiary/aromatic N) is 3. The van der Waals surface area contributed by atoms with Gasteiger partial charge in [-0.25, -0.2) is 14.5 Å². The normalized spacial score (nSPS) is 11.4. The van der Waals surface area contributed by atoms with Gasteiger partial charge in [-0.1, -0.05) is 12.1 Å². The first-order valence-corrected chi connectivity index (χ1v) is 8.66. The molecule has 0 unspecified atom stereocenters. The van der Waals surface area contributed by atoms with E-state index in [0.717, 1.165) is 17.4 Å². The highest BCUT2D eigenvalue weighted by molar-refractivity contribution is 7.12. The highest BCUT2D eigenvalue weighted by Crippen LogP contribution is 2.36. The molecule has 0 radical (unpaired) electrons. The Kier molecular flexibility index (Phi) is 5.17. The summed E-state index contributed by atoms with van der Waals surface area (Å²) in [6.07, 6.45) is -4.66. The van der Waals surface area contributed by atoms with E-state index in [1.54, 1.807) is 31.2 Å². The number of ether oxygens (including phenoxy) is 2. The first-order chi connectivity index (χ1) is 12.8. The number of halogens is 3. The standard InChI is InChI=1S/C17H14F3N3O3S/c1-3-26-15(24)12-9-27-16(21-12)23-14(17(18,19)20)8-11(22-23)10-6-4-5-7-13(10)25-2/h4-9H,3H2,1-2H3. The van der Waals surface area contributed by atoms with Crippen molar-refractivity contribution in [2.45, 2.75) is 13.1 Å². The molecule has 0 aliphatic rings. The van der Waals surface area contributed by atoms with Crippen molar-refractivity contribution in [3.63, 3.8) is 0 Å². The maximum absolute atomic E-state index is 13.5. The fraction of sp³-hybridized carbons (Fsp3) is 0.235. The van der Waals surface area contributed by atoms with Crippen molar-refractivity contribution in [3.8, 4) is 22.1 Å². The Morgan fingerprint density at radius 1 is 1.30 bits per heavy atom. The number of carbonyl (C=O) groups is 1. The van der Waals surface area contributed by atoms with Crippen molar-refractivity contribution >= 4 is 17.3 Å². The molecule has 2 heterocycles. The number of aromatic nitrogens is 3. The smallest absolute Gasteiger partial charge is 0.433 e. The van der Waals surface area contributed by atoms with Crippen molar-refractivity contribution in [3.05, 3.63) is 47.1 Å². The van der Waals surface area contributed by atoms with E-state index in [0.29, 0.717) is 16.0 Å². The van der Waals surface area contributed by atoms with Crippen molar-refractivity contribution in [2.75, 3.05) is 13.7 Å². The second-order valence-electron chi connectivity index (χ2n) is 5.26. The number of hydrogen-bond donors (Lipinski definition) is 0. The van der Waals surface area contributed by atoms with Crippen molar-refractivity contribution in [1.29, 1.82) is 0 Å². The van der Waals surface area contributed by atoms with Crippen LogP contribution in [0.1, 0.15) is 23.1 Å². The van der Waals surface area contributed by atoms with E-state index in [9.17, 15) is 18.0 Å². The second kappa shape index (κ2) is 7.39. The Hall–Kier alpha value is -2.88. The molecule has 0 atom stereocenters. The Bertz CT molecular complexity index is 966. The molecule has 2 aromatic heterocycles. The summed E-state index contributed by atoms with van der Waals surface area (Å²) in [6, 6.07) is 7.54. The van der Waals surface area contributed by atoms with Gasteiger partial charge in [-0.3, -0.25) is 0 Å². The predicted molar refractivity (Wildman–Crippen MR) is 92.2 cm³/mol. The molecule has 0 fully saturated rings. The molecule has 0 aliphatic heterocycles. The first-order valence-electron chi connectivity index (χ1n) is 7.78. The van der Waals surface area contributed by atoms with Gasteiger partial charge in [0.15, 0.2) is 11.4 Å². The lowest BCUT2D eigenvalue weighted by Crippen LogP contribution is -2.13. The molecule has 0 amide bonds. The number of para-hydroxylation sites is 1. The minimum Gasteiger partial charge on any atom is -0.496 e. The van der Waals surface area contributed by atoms with E-state index >= 15 is 0 Å². The van der Waals surface area contributed by atoms with Gasteiger partial charge in [-0.2, -0.15) is 18.3 Å². The third kappa shape index (κ3) is 3.80. The predicted octanol–water partition coefficient (Wildman–Crippen LogP) is 4.20. The summed E-state index contributed by atoms with van der Waals surface area (Å²) in [5, 5.41) is 5.30.